The van der Waals surface area contributed by atoms with E-state index in [1.165, 1.54) is 13.8 Å². The first-order valence-electron chi connectivity index (χ1n) is 4.66. The molecule has 16 heavy (non-hydrogen) atoms. The van der Waals surface area contributed by atoms with Gasteiger partial charge in [-0.1, -0.05) is 6.92 Å². The molecule has 0 heterocycles. The monoisotopic (exact) mass is 231 g/mol. The van der Waals surface area contributed by atoms with Gasteiger partial charge >= 0.3 is 5.69 Å². The Morgan fingerprint density at radius 2 is 1.94 bits per heavy atom. The van der Waals surface area contributed by atoms with Crippen molar-refractivity contribution < 1.29 is 18.8 Å². The van der Waals surface area contributed by atoms with Gasteiger partial charge in [0.05, 0.1) is 11.0 Å². The highest BCUT2D eigenvalue weighted by atomic mass is 19.1. The van der Waals surface area contributed by atoms with Crippen molar-refractivity contribution in [3.63, 3.8) is 0 Å². The summed E-state index contributed by atoms with van der Waals surface area (Å²) in [7, 11) is 0. The molecule has 88 valence electrons. The summed E-state index contributed by atoms with van der Waals surface area (Å²) in [4.78, 5) is 9.73. The number of benzene rings is 1. The van der Waals surface area contributed by atoms with Gasteiger partial charge in [-0.3, -0.25) is 10.1 Å². The van der Waals surface area contributed by atoms with Crippen molar-refractivity contribution in [3.05, 3.63) is 39.4 Å². The maximum atomic E-state index is 13.2. The Morgan fingerprint density at radius 3 is 2.38 bits per heavy atom. The van der Waals surface area contributed by atoms with Gasteiger partial charge in [0.25, 0.3) is 0 Å². The summed E-state index contributed by atoms with van der Waals surface area (Å²) in [5.74, 6) is -2.84. The minimum atomic E-state index is -1.23. The van der Waals surface area contributed by atoms with Crippen LogP contribution in [0.3, 0.4) is 0 Å². The van der Waals surface area contributed by atoms with Crippen LogP contribution in [0.2, 0.25) is 0 Å². The first kappa shape index (κ1) is 12.5. The maximum absolute atomic E-state index is 13.2. The van der Waals surface area contributed by atoms with Crippen LogP contribution < -0.4 is 0 Å². The number of halogens is 2. The molecule has 1 rings (SSSR count). The lowest BCUT2D eigenvalue weighted by atomic mass is 9.94. The van der Waals surface area contributed by atoms with Crippen molar-refractivity contribution in [2.75, 3.05) is 0 Å². The summed E-state index contributed by atoms with van der Waals surface area (Å²) in [5, 5.41) is 19.9. The van der Waals surface area contributed by atoms with Crippen molar-refractivity contribution in [1.82, 2.24) is 0 Å². The van der Waals surface area contributed by atoms with E-state index in [-0.39, 0.29) is 5.56 Å². The molecular formula is C10H11F2NO3. The fourth-order valence-electron chi connectivity index (χ4n) is 1.39. The van der Waals surface area contributed by atoms with Crippen molar-refractivity contribution >= 4 is 5.69 Å². The molecule has 0 spiro atoms. The number of hydrogen-bond donors (Lipinski definition) is 1. The van der Waals surface area contributed by atoms with Crippen LogP contribution in [0.4, 0.5) is 14.5 Å². The molecule has 0 aliphatic rings. The molecule has 0 aliphatic carbocycles. The van der Waals surface area contributed by atoms with Gasteiger partial charge in [-0.05, 0) is 13.0 Å². The van der Waals surface area contributed by atoms with Gasteiger partial charge in [-0.15, -0.1) is 0 Å². The Hall–Kier alpha value is -1.56. The van der Waals surface area contributed by atoms with Crippen LogP contribution >= 0.6 is 0 Å². The van der Waals surface area contributed by atoms with Crippen LogP contribution in [-0.4, -0.2) is 16.1 Å². The van der Waals surface area contributed by atoms with Gasteiger partial charge in [0, 0.05) is 17.5 Å². The first-order chi connectivity index (χ1) is 7.34. The van der Waals surface area contributed by atoms with Gasteiger partial charge in [0.15, 0.2) is 0 Å². The lowest BCUT2D eigenvalue weighted by Gasteiger charge is -2.15. The van der Waals surface area contributed by atoms with E-state index in [4.69, 9.17) is 0 Å². The second-order valence-electron chi connectivity index (χ2n) is 3.61. The largest absolute Gasteiger partial charge is 0.393 e. The average Bonchev–Trinajstić information content (AvgIpc) is 2.14. The third-order valence-corrected chi connectivity index (χ3v) is 2.45. The van der Waals surface area contributed by atoms with Crippen molar-refractivity contribution in [2.24, 2.45) is 0 Å². The lowest BCUT2D eigenvalue weighted by molar-refractivity contribution is -0.388. The Balaban J connectivity index is 3.40. The molecule has 0 saturated carbocycles. The molecule has 6 heteroatoms. The third kappa shape index (κ3) is 2.33. The number of nitro groups is 1. The molecule has 1 aromatic carbocycles. The summed E-state index contributed by atoms with van der Waals surface area (Å²) in [6.07, 6.45) is -0.931. The highest BCUT2D eigenvalue weighted by molar-refractivity contribution is 5.44. The third-order valence-electron chi connectivity index (χ3n) is 2.45. The number of rotatable bonds is 3. The fourth-order valence-corrected chi connectivity index (χ4v) is 1.39. The highest BCUT2D eigenvalue weighted by Gasteiger charge is 2.27. The van der Waals surface area contributed by atoms with Crippen LogP contribution in [0.25, 0.3) is 0 Å². The zero-order valence-electron chi connectivity index (χ0n) is 8.78. The van der Waals surface area contributed by atoms with Gasteiger partial charge in [0.1, 0.15) is 5.82 Å². The number of aliphatic hydroxyl groups is 1. The molecule has 0 fully saturated rings. The zero-order chi connectivity index (χ0) is 12.5. The lowest BCUT2D eigenvalue weighted by Crippen LogP contribution is -2.14. The average molecular weight is 231 g/mol. The van der Waals surface area contributed by atoms with Crippen LogP contribution in [0.5, 0.6) is 0 Å². The molecule has 4 nitrogen and oxygen atoms in total. The maximum Gasteiger partial charge on any atom is 0.308 e. The van der Waals surface area contributed by atoms with E-state index in [2.05, 4.69) is 0 Å². The smallest absolute Gasteiger partial charge is 0.308 e. The minimum Gasteiger partial charge on any atom is -0.393 e. The molecule has 1 N–H and O–H groups in total. The summed E-state index contributed by atoms with van der Waals surface area (Å²) in [6, 6.07) is 1.33. The molecule has 1 aromatic rings. The Morgan fingerprint density at radius 1 is 1.38 bits per heavy atom. The van der Waals surface area contributed by atoms with Gasteiger partial charge in [0.2, 0.25) is 5.82 Å². The van der Waals surface area contributed by atoms with E-state index in [1.807, 2.05) is 0 Å². The van der Waals surface area contributed by atoms with Crippen LogP contribution in [0, 0.1) is 21.7 Å². The Bertz CT molecular complexity index is 421. The molecule has 0 bridgehead atoms. The minimum absolute atomic E-state index is 0.141. The second kappa shape index (κ2) is 4.52. The van der Waals surface area contributed by atoms with E-state index in [0.29, 0.717) is 6.07 Å². The van der Waals surface area contributed by atoms with Gasteiger partial charge in [-0.2, -0.15) is 4.39 Å². The van der Waals surface area contributed by atoms with Crippen molar-refractivity contribution in [1.29, 1.82) is 0 Å². The van der Waals surface area contributed by atoms with Crippen LogP contribution in [0.1, 0.15) is 25.3 Å². The summed E-state index contributed by atoms with van der Waals surface area (Å²) < 4.78 is 26.2. The van der Waals surface area contributed by atoms with Crippen molar-refractivity contribution in [2.45, 2.75) is 25.9 Å². The van der Waals surface area contributed by atoms with E-state index in [9.17, 15) is 24.0 Å². The number of nitrogens with zero attached hydrogens (tertiary/aromatic N) is 1. The highest BCUT2D eigenvalue weighted by Crippen LogP contribution is 2.31. The molecule has 2 atom stereocenters. The van der Waals surface area contributed by atoms with Gasteiger partial charge < -0.3 is 5.11 Å². The molecule has 0 saturated heterocycles. The first-order valence-corrected chi connectivity index (χ1v) is 4.66. The normalized spacial score (nSPS) is 14.6. The number of hydrogen-bond acceptors (Lipinski definition) is 3. The fraction of sp³-hybridized carbons (Fsp3) is 0.400. The molecule has 0 amide bonds. The molecular weight excluding hydrogens is 220 g/mol. The number of aliphatic hydroxyl groups excluding tert-OH is 1. The summed E-state index contributed by atoms with van der Waals surface area (Å²) in [6.45, 7) is 2.86. The Kier molecular flexibility index (Phi) is 3.54. The Labute approximate surface area is 90.7 Å². The molecule has 0 radical (unpaired) electrons. The topological polar surface area (TPSA) is 63.4 Å². The second-order valence-corrected chi connectivity index (χ2v) is 3.61. The summed E-state index contributed by atoms with van der Waals surface area (Å²) in [5.41, 5.74) is -0.924. The van der Waals surface area contributed by atoms with E-state index < -0.39 is 34.3 Å². The van der Waals surface area contributed by atoms with Crippen LogP contribution in [0.15, 0.2) is 12.1 Å². The molecule has 0 aromatic heterocycles. The van der Waals surface area contributed by atoms with E-state index in [1.54, 1.807) is 0 Å². The summed E-state index contributed by atoms with van der Waals surface area (Å²) >= 11 is 0. The standard InChI is InChI=1S/C10H11F2NO3/c1-5(6(2)14)8-3-7(11)4-9(12)10(8)13(15)16/h3-6,14H,1-2H3. The van der Waals surface area contributed by atoms with Gasteiger partial charge in [-0.25, -0.2) is 4.39 Å². The predicted octanol–water partition coefficient (Wildman–Crippen LogP) is 2.36. The quantitative estimate of drug-likeness (QED) is 0.641. The van der Waals surface area contributed by atoms with Crippen molar-refractivity contribution in [3.8, 4) is 0 Å². The van der Waals surface area contributed by atoms with E-state index in [0.717, 1.165) is 6.07 Å². The number of nitro benzene ring substituents is 1. The SMILES string of the molecule is CC(O)C(C)c1cc(F)cc(F)c1[N+](=O)[O-]. The molecule has 0 aliphatic heterocycles. The molecule has 2 unspecified atom stereocenters. The van der Waals surface area contributed by atoms with E-state index >= 15 is 0 Å². The predicted molar refractivity (Wildman–Crippen MR) is 53.1 cm³/mol. The zero-order valence-corrected chi connectivity index (χ0v) is 8.78. The van der Waals surface area contributed by atoms with Crippen LogP contribution in [-0.2, 0) is 0 Å².